The lowest BCUT2D eigenvalue weighted by atomic mass is 10.1. The van der Waals surface area contributed by atoms with Crippen LogP contribution >= 0.6 is 0 Å². The third kappa shape index (κ3) is 4.27. The van der Waals surface area contributed by atoms with Gasteiger partial charge in [0.15, 0.2) is 0 Å². The third-order valence-corrected chi connectivity index (χ3v) is 3.22. The first-order valence-electron chi connectivity index (χ1n) is 6.62. The molecule has 1 aromatic rings. The molecule has 4 nitrogen and oxygen atoms in total. The molecule has 0 amide bonds. The summed E-state index contributed by atoms with van der Waals surface area (Å²) in [5, 5.41) is 13.2. The second kappa shape index (κ2) is 5.67. The molecule has 0 saturated carbocycles. The standard InChI is InChI=1S/C14H23N3O/c1-14(2,18)11-17-8-6-12(10-17)9-16-13-5-3-4-7-15-13/h3-5,7,12,18H,6,8-11H2,1-2H3,(H,15,16). The Morgan fingerprint density at radius 2 is 2.33 bits per heavy atom. The Hall–Kier alpha value is -1.13. The maximum Gasteiger partial charge on any atom is 0.125 e. The SMILES string of the molecule is CC(C)(O)CN1CCC(CNc2ccccn2)C1. The normalized spacial score (nSPS) is 21.2. The Bertz CT molecular complexity index is 361. The summed E-state index contributed by atoms with van der Waals surface area (Å²) in [6.07, 6.45) is 2.99. The number of pyridine rings is 1. The summed E-state index contributed by atoms with van der Waals surface area (Å²) in [6.45, 7) is 7.59. The molecule has 1 aromatic heterocycles. The fourth-order valence-corrected chi connectivity index (χ4v) is 2.49. The van der Waals surface area contributed by atoms with Crippen LogP contribution in [0.1, 0.15) is 20.3 Å². The van der Waals surface area contributed by atoms with E-state index in [2.05, 4.69) is 15.2 Å². The van der Waals surface area contributed by atoms with Crippen LogP contribution in [0, 0.1) is 5.92 Å². The average molecular weight is 249 g/mol. The Labute approximate surface area is 109 Å². The second-order valence-electron chi connectivity index (χ2n) is 5.80. The molecule has 2 rings (SSSR count). The number of hydrogen-bond acceptors (Lipinski definition) is 4. The molecule has 18 heavy (non-hydrogen) atoms. The summed E-state index contributed by atoms with van der Waals surface area (Å²) < 4.78 is 0. The van der Waals surface area contributed by atoms with Crippen molar-refractivity contribution in [2.75, 3.05) is 31.5 Å². The fourth-order valence-electron chi connectivity index (χ4n) is 2.49. The quantitative estimate of drug-likeness (QED) is 0.832. The van der Waals surface area contributed by atoms with Gasteiger partial charge < -0.3 is 15.3 Å². The van der Waals surface area contributed by atoms with Crippen LogP contribution in [0.2, 0.25) is 0 Å². The van der Waals surface area contributed by atoms with E-state index in [0.717, 1.165) is 32.0 Å². The first-order chi connectivity index (χ1) is 8.53. The predicted octanol–water partition coefficient (Wildman–Crippen LogP) is 1.59. The number of rotatable bonds is 5. The van der Waals surface area contributed by atoms with E-state index >= 15 is 0 Å². The zero-order chi connectivity index (χ0) is 13.0. The van der Waals surface area contributed by atoms with Crippen molar-refractivity contribution in [1.82, 2.24) is 9.88 Å². The molecule has 1 aliphatic rings. The molecular weight excluding hydrogens is 226 g/mol. The number of nitrogens with one attached hydrogen (secondary N) is 1. The molecule has 1 aliphatic heterocycles. The van der Waals surface area contributed by atoms with Gasteiger partial charge in [-0.15, -0.1) is 0 Å². The molecule has 100 valence electrons. The lowest BCUT2D eigenvalue weighted by molar-refractivity contribution is 0.0429. The van der Waals surface area contributed by atoms with Gasteiger partial charge in [0.1, 0.15) is 5.82 Å². The second-order valence-corrected chi connectivity index (χ2v) is 5.80. The van der Waals surface area contributed by atoms with Crippen LogP contribution in [0.5, 0.6) is 0 Å². The molecule has 2 heterocycles. The number of β-amino-alcohol motifs (C(OH)–C–C–N with tert-alkyl or cyclic N) is 1. The van der Waals surface area contributed by atoms with Crippen LogP contribution in [0.4, 0.5) is 5.82 Å². The Balaban J connectivity index is 1.73. The van der Waals surface area contributed by atoms with Crippen molar-refractivity contribution in [3.63, 3.8) is 0 Å². The zero-order valence-electron chi connectivity index (χ0n) is 11.3. The molecular formula is C14H23N3O. The number of hydrogen-bond donors (Lipinski definition) is 2. The van der Waals surface area contributed by atoms with Crippen LogP contribution in [0.3, 0.4) is 0 Å². The van der Waals surface area contributed by atoms with Crippen molar-refractivity contribution in [2.24, 2.45) is 5.92 Å². The minimum absolute atomic E-state index is 0.594. The maximum absolute atomic E-state index is 9.80. The van der Waals surface area contributed by atoms with Crippen molar-refractivity contribution in [2.45, 2.75) is 25.9 Å². The molecule has 1 unspecified atom stereocenters. The van der Waals surface area contributed by atoms with Crippen molar-refractivity contribution in [3.05, 3.63) is 24.4 Å². The monoisotopic (exact) mass is 249 g/mol. The van der Waals surface area contributed by atoms with E-state index in [9.17, 15) is 5.11 Å². The molecule has 2 N–H and O–H groups in total. The van der Waals surface area contributed by atoms with Gasteiger partial charge in [-0.3, -0.25) is 0 Å². The topological polar surface area (TPSA) is 48.4 Å². The molecule has 0 aliphatic carbocycles. The van der Waals surface area contributed by atoms with Gasteiger partial charge in [0.05, 0.1) is 5.60 Å². The van der Waals surface area contributed by atoms with Gasteiger partial charge in [0, 0.05) is 25.8 Å². The highest BCUT2D eigenvalue weighted by Gasteiger charge is 2.26. The highest BCUT2D eigenvalue weighted by atomic mass is 16.3. The fraction of sp³-hybridized carbons (Fsp3) is 0.643. The Morgan fingerprint density at radius 1 is 1.50 bits per heavy atom. The number of likely N-dealkylation sites (tertiary alicyclic amines) is 1. The number of anilines is 1. The van der Waals surface area contributed by atoms with Crippen molar-refractivity contribution >= 4 is 5.82 Å². The first-order valence-corrected chi connectivity index (χ1v) is 6.62. The molecule has 0 aromatic carbocycles. The van der Waals surface area contributed by atoms with E-state index in [1.54, 1.807) is 6.20 Å². The highest BCUT2D eigenvalue weighted by Crippen LogP contribution is 2.19. The van der Waals surface area contributed by atoms with Crippen molar-refractivity contribution in [3.8, 4) is 0 Å². The third-order valence-electron chi connectivity index (χ3n) is 3.22. The molecule has 4 heteroatoms. The molecule has 0 spiro atoms. The van der Waals surface area contributed by atoms with E-state index < -0.39 is 5.60 Å². The number of aromatic nitrogens is 1. The molecule has 0 radical (unpaired) electrons. The van der Waals surface area contributed by atoms with Gasteiger partial charge in [-0.05, 0) is 44.9 Å². The lowest BCUT2D eigenvalue weighted by Gasteiger charge is -2.25. The van der Waals surface area contributed by atoms with Crippen LogP contribution in [-0.2, 0) is 0 Å². The molecule has 1 fully saturated rings. The summed E-state index contributed by atoms with van der Waals surface area (Å²) in [5.41, 5.74) is -0.594. The predicted molar refractivity (Wildman–Crippen MR) is 73.6 cm³/mol. The summed E-state index contributed by atoms with van der Waals surface area (Å²) in [6, 6.07) is 5.90. The first kappa shape index (κ1) is 13.3. The Kier molecular flexibility index (Phi) is 4.19. The van der Waals surface area contributed by atoms with Gasteiger partial charge in [0.25, 0.3) is 0 Å². The Morgan fingerprint density at radius 3 is 3.00 bits per heavy atom. The van der Waals surface area contributed by atoms with Gasteiger partial charge in [-0.1, -0.05) is 6.07 Å². The van der Waals surface area contributed by atoms with Gasteiger partial charge in [0.2, 0.25) is 0 Å². The number of nitrogens with zero attached hydrogens (tertiary/aromatic N) is 2. The summed E-state index contributed by atoms with van der Waals surface area (Å²) >= 11 is 0. The molecule has 1 saturated heterocycles. The van der Waals surface area contributed by atoms with Crippen molar-refractivity contribution in [1.29, 1.82) is 0 Å². The van der Waals surface area contributed by atoms with Crippen LogP contribution in [-0.4, -0.2) is 46.8 Å². The lowest BCUT2D eigenvalue weighted by Crippen LogP contribution is -2.37. The summed E-state index contributed by atoms with van der Waals surface area (Å²) in [7, 11) is 0. The molecule has 0 bridgehead atoms. The summed E-state index contributed by atoms with van der Waals surface area (Å²) in [5.74, 6) is 1.59. The van der Waals surface area contributed by atoms with Crippen LogP contribution in [0.25, 0.3) is 0 Å². The van der Waals surface area contributed by atoms with Crippen LogP contribution < -0.4 is 5.32 Å². The minimum Gasteiger partial charge on any atom is -0.389 e. The van der Waals surface area contributed by atoms with E-state index in [0.29, 0.717) is 5.92 Å². The van der Waals surface area contributed by atoms with E-state index in [-0.39, 0.29) is 0 Å². The highest BCUT2D eigenvalue weighted by molar-refractivity contribution is 5.33. The van der Waals surface area contributed by atoms with Crippen LogP contribution in [0.15, 0.2) is 24.4 Å². The maximum atomic E-state index is 9.80. The van der Waals surface area contributed by atoms with E-state index in [4.69, 9.17) is 0 Å². The van der Waals surface area contributed by atoms with Gasteiger partial charge in [-0.25, -0.2) is 4.98 Å². The summed E-state index contributed by atoms with van der Waals surface area (Å²) in [4.78, 5) is 6.59. The van der Waals surface area contributed by atoms with E-state index in [1.807, 2.05) is 32.0 Å². The smallest absolute Gasteiger partial charge is 0.125 e. The average Bonchev–Trinajstić information content (AvgIpc) is 2.73. The van der Waals surface area contributed by atoms with Gasteiger partial charge >= 0.3 is 0 Å². The van der Waals surface area contributed by atoms with Gasteiger partial charge in [-0.2, -0.15) is 0 Å². The minimum atomic E-state index is -0.594. The van der Waals surface area contributed by atoms with E-state index in [1.165, 1.54) is 6.42 Å². The largest absolute Gasteiger partial charge is 0.389 e. The van der Waals surface area contributed by atoms with Crippen molar-refractivity contribution < 1.29 is 5.11 Å². The molecule has 1 atom stereocenters. The zero-order valence-corrected chi connectivity index (χ0v) is 11.3. The number of aliphatic hydroxyl groups is 1.